The third-order valence-corrected chi connectivity index (χ3v) is 3.41. The van der Waals surface area contributed by atoms with E-state index in [0.29, 0.717) is 11.5 Å². The lowest BCUT2D eigenvalue weighted by molar-refractivity contribution is 0.589. The third-order valence-electron chi connectivity index (χ3n) is 3.41. The molecule has 0 amide bonds. The Morgan fingerprint density at radius 3 is 2.81 bits per heavy atom. The van der Waals surface area contributed by atoms with Crippen LogP contribution in [0.2, 0.25) is 0 Å². The van der Waals surface area contributed by atoms with Crippen LogP contribution in [0.25, 0.3) is 0 Å². The Balaban J connectivity index is 1.86. The SMILES string of the molecule is N#Cc1cc(Nc2ccccc2N2CCNCC2)ncn1. The maximum Gasteiger partial charge on any atom is 0.145 e. The van der Waals surface area contributed by atoms with Gasteiger partial charge in [-0.2, -0.15) is 5.26 Å². The summed E-state index contributed by atoms with van der Waals surface area (Å²) in [5.74, 6) is 0.629. The van der Waals surface area contributed by atoms with Gasteiger partial charge >= 0.3 is 0 Å². The van der Waals surface area contributed by atoms with Gasteiger partial charge in [-0.3, -0.25) is 0 Å². The highest BCUT2D eigenvalue weighted by Crippen LogP contribution is 2.28. The summed E-state index contributed by atoms with van der Waals surface area (Å²) in [5, 5.41) is 15.5. The molecule has 1 aromatic heterocycles. The second kappa shape index (κ2) is 6.20. The summed E-state index contributed by atoms with van der Waals surface area (Å²) in [6, 6.07) is 11.8. The molecule has 3 rings (SSSR count). The molecule has 2 heterocycles. The Labute approximate surface area is 123 Å². The normalized spacial score (nSPS) is 14.5. The topological polar surface area (TPSA) is 76.9 Å². The molecule has 0 saturated carbocycles. The van der Waals surface area contributed by atoms with Crippen LogP contribution < -0.4 is 15.5 Å². The fraction of sp³-hybridized carbons (Fsp3) is 0.267. The molecule has 0 radical (unpaired) electrons. The molecule has 106 valence electrons. The maximum atomic E-state index is 8.90. The van der Waals surface area contributed by atoms with E-state index in [9.17, 15) is 0 Å². The lowest BCUT2D eigenvalue weighted by Gasteiger charge is -2.31. The van der Waals surface area contributed by atoms with E-state index in [-0.39, 0.29) is 0 Å². The van der Waals surface area contributed by atoms with E-state index >= 15 is 0 Å². The third kappa shape index (κ3) is 3.09. The monoisotopic (exact) mass is 280 g/mol. The first kappa shape index (κ1) is 13.3. The number of hydrogen-bond acceptors (Lipinski definition) is 6. The number of nitriles is 1. The first-order valence-corrected chi connectivity index (χ1v) is 6.91. The van der Waals surface area contributed by atoms with Crippen LogP contribution in [0.1, 0.15) is 5.69 Å². The Hall–Kier alpha value is -2.65. The van der Waals surface area contributed by atoms with Crippen LogP contribution in [0, 0.1) is 11.3 Å². The van der Waals surface area contributed by atoms with Gasteiger partial charge < -0.3 is 15.5 Å². The number of nitrogens with one attached hydrogen (secondary N) is 2. The van der Waals surface area contributed by atoms with Crippen LogP contribution >= 0.6 is 0 Å². The molecule has 1 saturated heterocycles. The van der Waals surface area contributed by atoms with Crippen molar-refractivity contribution in [3.05, 3.63) is 42.4 Å². The van der Waals surface area contributed by atoms with Crippen molar-refractivity contribution < 1.29 is 0 Å². The lowest BCUT2D eigenvalue weighted by Crippen LogP contribution is -2.43. The van der Waals surface area contributed by atoms with E-state index in [2.05, 4.69) is 31.6 Å². The van der Waals surface area contributed by atoms with E-state index < -0.39 is 0 Å². The van der Waals surface area contributed by atoms with Crippen LogP contribution in [0.4, 0.5) is 17.2 Å². The van der Waals surface area contributed by atoms with Crippen molar-refractivity contribution in [2.75, 3.05) is 36.4 Å². The molecule has 0 spiro atoms. The molecule has 6 heteroatoms. The number of para-hydroxylation sites is 2. The molecule has 0 aliphatic carbocycles. The van der Waals surface area contributed by atoms with Gasteiger partial charge in [0.1, 0.15) is 23.9 Å². The predicted octanol–water partition coefficient (Wildman–Crippen LogP) is 1.50. The zero-order chi connectivity index (χ0) is 14.5. The first-order chi connectivity index (χ1) is 10.4. The number of hydrogen-bond donors (Lipinski definition) is 2. The molecule has 1 aliphatic heterocycles. The van der Waals surface area contributed by atoms with Gasteiger partial charge in [-0.25, -0.2) is 9.97 Å². The minimum atomic E-state index is 0.354. The largest absolute Gasteiger partial charge is 0.367 e. The number of anilines is 3. The molecule has 6 nitrogen and oxygen atoms in total. The highest BCUT2D eigenvalue weighted by Gasteiger charge is 2.14. The summed E-state index contributed by atoms with van der Waals surface area (Å²) in [6.07, 6.45) is 1.40. The van der Waals surface area contributed by atoms with Crippen molar-refractivity contribution in [1.29, 1.82) is 5.26 Å². The number of benzene rings is 1. The molecule has 1 aliphatic rings. The lowest BCUT2D eigenvalue weighted by atomic mass is 10.2. The summed E-state index contributed by atoms with van der Waals surface area (Å²) >= 11 is 0. The van der Waals surface area contributed by atoms with Gasteiger partial charge in [-0.1, -0.05) is 12.1 Å². The van der Waals surface area contributed by atoms with Gasteiger partial charge in [0.2, 0.25) is 0 Å². The van der Waals surface area contributed by atoms with E-state index in [1.54, 1.807) is 6.07 Å². The second-order valence-electron chi connectivity index (χ2n) is 4.78. The van der Waals surface area contributed by atoms with Crippen molar-refractivity contribution in [3.63, 3.8) is 0 Å². The van der Waals surface area contributed by atoms with Crippen LogP contribution in [-0.2, 0) is 0 Å². The van der Waals surface area contributed by atoms with Gasteiger partial charge in [0.15, 0.2) is 0 Å². The van der Waals surface area contributed by atoms with Crippen molar-refractivity contribution in [3.8, 4) is 6.07 Å². The molecule has 1 fully saturated rings. The van der Waals surface area contributed by atoms with Gasteiger partial charge in [0.05, 0.1) is 11.4 Å². The standard InChI is InChI=1S/C15H16N6/c16-10-12-9-15(19-11-18-12)20-13-3-1-2-4-14(13)21-7-5-17-6-8-21/h1-4,9,11,17H,5-8H2,(H,18,19,20). The minimum absolute atomic E-state index is 0.354. The zero-order valence-electron chi connectivity index (χ0n) is 11.6. The molecular formula is C15H16N6. The van der Waals surface area contributed by atoms with Crippen LogP contribution in [-0.4, -0.2) is 36.1 Å². The quantitative estimate of drug-likeness (QED) is 0.887. The molecule has 0 bridgehead atoms. The summed E-state index contributed by atoms with van der Waals surface area (Å²) in [5.41, 5.74) is 2.49. The van der Waals surface area contributed by atoms with Gasteiger partial charge in [0.25, 0.3) is 0 Å². The van der Waals surface area contributed by atoms with Crippen LogP contribution in [0.15, 0.2) is 36.7 Å². The van der Waals surface area contributed by atoms with Gasteiger partial charge in [0, 0.05) is 32.2 Å². The number of piperazine rings is 1. The van der Waals surface area contributed by atoms with E-state index in [1.165, 1.54) is 6.33 Å². The first-order valence-electron chi connectivity index (χ1n) is 6.91. The van der Waals surface area contributed by atoms with Gasteiger partial charge in [-0.15, -0.1) is 0 Å². The Kier molecular flexibility index (Phi) is 3.94. The molecule has 2 N–H and O–H groups in total. The van der Waals surface area contributed by atoms with E-state index in [4.69, 9.17) is 5.26 Å². The number of rotatable bonds is 3. The smallest absolute Gasteiger partial charge is 0.145 e. The van der Waals surface area contributed by atoms with E-state index in [1.807, 2.05) is 24.3 Å². The minimum Gasteiger partial charge on any atom is -0.367 e. The van der Waals surface area contributed by atoms with Crippen LogP contribution in [0.3, 0.4) is 0 Å². The summed E-state index contributed by atoms with van der Waals surface area (Å²) in [7, 11) is 0. The summed E-state index contributed by atoms with van der Waals surface area (Å²) in [6.45, 7) is 3.93. The second-order valence-corrected chi connectivity index (χ2v) is 4.78. The highest BCUT2D eigenvalue weighted by molar-refractivity contribution is 5.74. The maximum absolute atomic E-state index is 8.90. The average molecular weight is 280 g/mol. The molecule has 1 aromatic carbocycles. The number of nitrogens with zero attached hydrogens (tertiary/aromatic N) is 4. The highest BCUT2D eigenvalue weighted by atomic mass is 15.2. The van der Waals surface area contributed by atoms with Crippen molar-refractivity contribution in [1.82, 2.24) is 15.3 Å². The fourth-order valence-corrected chi connectivity index (χ4v) is 2.39. The predicted molar refractivity (Wildman–Crippen MR) is 81.6 cm³/mol. The average Bonchev–Trinajstić information content (AvgIpc) is 2.56. The van der Waals surface area contributed by atoms with Crippen molar-refractivity contribution in [2.24, 2.45) is 0 Å². The van der Waals surface area contributed by atoms with Crippen molar-refractivity contribution >= 4 is 17.2 Å². The zero-order valence-corrected chi connectivity index (χ0v) is 11.6. The molecular weight excluding hydrogens is 264 g/mol. The Morgan fingerprint density at radius 2 is 2.00 bits per heavy atom. The van der Waals surface area contributed by atoms with E-state index in [0.717, 1.165) is 37.6 Å². The van der Waals surface area contributed by atoms with Crippen molar-refractivity contribution in [2.45, 2.75) is 0 Å². The fourth-order valence-electron chi connectivity index (χ4n) is 2.39. The summed E-state index contributed by atoms with van der Waals surface area (Å²) in [4.78, 5) is 10.4. The molecule has 0 unspecified atom stereocenters. The molecule has 2 aromatic rings. The molecule has 21 heavy (non-hydrogen) atoms. The molecule has 0 atom stereocenters. The Bertz CT molecular complexity index is 657. The van der Waals surface area contributed by atoms with Gasteiger partial charge in [-0.05, 0) is 12.1 Å². The Morgan fingerprint density at radius 1 is 1.19 bits per heavy atom. The van der Waals surface area contributed by atoms with Crippen LogP contribution in [0.5, 0.6) is 0 Å². The summed E-state index contributed by atoms with van der Waals surface area (Å²) < 4.78 is 0. The number of aromatic nitrogens is 2.